The molecule has 0 aromatic heterocycles. The van der Waals surface area contributed by atoms with Crippen LogP contribution in [-0.2, 0) is 10.8 Å². The number of fused-ring (bicyclic) bond motifs is 2. The molecule has 288 valence electrons. The van der Waals surface area contributed by atoms with Crippen LogP contribution in [0.3, 0.4) is 0 Å². The van der Waals surface area contributed by atoms with Gasteiger partial charge in [0.05, 0.1) is 5.41 Å². The zero-order chi connectivity index (χ0) is 37.7. The molecule has 0 atom stereocenters. The second kappa shape index (κ2) is 20.2. The number of anilines is 1. The van der Waals surface area contributed by atoms with E-state index in [0.29, 0.717) is 0 Å². The van der Waals surface area contributed by atoms with Gasteiger partial charge in [0, 0.05) is 52.5 Å². The Labute approximate surface area is 330 Å². The van der Waals surface area contributed by atoms with Crippen molar-refractivity contribution in [3.05, 3.63) is 106 Å². The van der Waals surface area contributed by atoms with E-state index in [1.165, 1.54) is 148 Å². The van der Waals surface area contributed by atoms with Crippen molar-refractivity contribution < 1.29 is 4.58 Å². The molecule has 0 spiro atoms. The van der Waals surface area contributed by atoms with Crippen LogP contribution in [-0.4, -0.2) is 23.4 Å². The first-order valence-corrected chi connectivity index (χ1v) is 22.2. The number of unbranched alkanes of at least 4 members (excludes halogenated alkanes) is 14. The molecule has 2 aliphatic heterocycles. The molecule has 0 amide bonds. The minimum absolute atomic E-state index is 0.0421. The fourth-order valence-electron chi connectivity index (χ4n) is 9.14. The molecule has 53 heavy (non-hydrogen) atoms. The summed E-state index contributed by atoms with van der Waals surface area (Å²) in [6.45, 7) is 16.3. The average Bonchev–Trinajstić information content (AvgIpc) is 3.51. The topological polar surface area (TPSA) is 6.25 Å². The first kappa shape index (κ1) is 41.3. The van der Waals surface area contributed by atoms with Crippen molar-refractivity contribution in [1.29, 1.82) is 0 Å². The summed E-state index contributed by atoms with van der Waals surface area (Å²) >= 11 is 7.33. The molecule has 5 rings (SSSR count). The van der Waals surface area contributed by atoms with E-state index >= 15 is 0 Å². The van der Waals surface area contributed by atoms with Crippen LogP contribution in [0.5, 0.6) is 0 Å². The predicted molar refractivity (Wildman–Crippen MR) is 233 cm³/mol. The second-order valence-electron chi connectivity index (χ2n) is 17.2. The molecular weight excluding hydrogens is 664 g/mol. The Morgan fingerprint density at radius 3 is 1.91 bits per heavy atom. The molecule has 0 N–H and O–H groups in total. The van der Waals surface area contributed by atoms with Crippen LogP contribution in [0.4, 0.5) is 11.4 Å². The number of hydrogen-bond acceptors (Lipinski definition) is 1. The lowest BCUT2D eigenvalue weighted by Gasteiger charge is -2.27. The smallest absolute Gasteiger partial charge is 0.209 e. The Kier molecular flexibility index (Phi) is 15.7. The SMILES string of the molecule is CCCCCCCCCCN1/C(=C/C=C2\CCCC(/C=C/C3=[N+](CCCCCCCCCC)c4ccccc4C3(C)C)=C2Cl)C(C)(C)c2ccccc21. The van der Waals surface area contributed by atoms with Crippen molar-refractivity contribution in [3.8, 4) is 0 Å². The normalized spacial score (nSPS) is 19.3. The number of halogens is 1. The third kappa shape index (κ3) is 10.3. The van der Waals surface area contributed by atoms with Crippen molar-refractivity contribution in [3.63, 3.8) is 0 Å². The lowest BCUT2D eigenvalue weighted by Crippen LogP contribution is -2.28. The second-order valence-corrected chi connectivity index (χ2v) is 17.6. The van der Waals surface area contributed by atoms with Gasteiger partial charge >= 0.3 is 0 Å². The summed E-state index contributed by atoms with van der Waals surface area (Å²) < 4.78 is 2.61. The lowest BCUT2D eigenvalue weighted by atomic mass is 9.81. The molecule has 0 unspecified atom stereocenters. The largest absolute Gasteiger partial charge is 0.344 e. The summed E-state index contributed by atoms with van der Waals surface area (Å²) in [5, 5.41) is 0.954. The zero-order valence-corrected chi connectivity index (χ0v) is 35.3. The number of para-hydroxylation sites is 2. The van der Waals surface area contributed by atoms with E-state index in [1.807, 2.05) is 0 Å². The fourth-order valence-corrected chi connectivity index (χ4v) is 9.45. The van der Waals surface area contributed by atoms with Crippen LogP contribution < -0.4 is 4.90 Å². The minimum Gasteiger partial charge on any atom is -0.344 e. The average molecular weight is 737 g/mol. The first-order chi connectivity index (χ1) is 25.7. The molecule has 3 aliphatic rings. The van der Waals surface area contributed by atoms with Gasteiger partial charge in [0.1, 0.15) is 6.54 Å². The first-order valence-electron chi connectivity index (χ1n) is 21.8. The van der Waals surface area contributed by atoms with Gasteiger partial charge in [-0.05, 0) is 74.8 Å². The zero-order valence-electron chi connectivity index (χ0n) is 34.5. The molecule has 1 aliphatic carbocycles. The summed E-state index contributed by atoms with van der Waals surface area (Å²) in [7, 11) is 0. The molecule has 0 radical (unpaired) electrons. The van der Waals surface area contributed by atoms with Gasteiger partial charge in [0.15, 0.2) is 5.71 Å². The van der Waals surface area contributed by atoms with Gasteiger partial charge in [-0.15, -0.1) is 0 Å². The minimum atomic E-state index is -0.0421. The Morgan fingerprint density at radius 1 is 0.642 bits per heavy atom. The van der Waals surface area contributed by atoms with Crippen LogP contribution >= 0.6 is 11.6 Å². The Hall–Kier alpha value is -2.84. The quantitative estimate of drug-likeness (QED) is 0.0914. The highest BCUT2D eigenvalue weighted by molar-refractivity contribution is 6.32. The van der Waals surface area contributed by atoms with E-state index in [-0.39, 0.29) is 10.8 Å². The van der Waals surface area contributed by atoms with Crippen LogP contribution in [0.25, 0.3) is 0 Å². The van der Waals surface area contributed by atoms with Crippen molar-refractivity contribution in [2.75, 3.05) is 18.0 Å². The van der Waals surface area contributed by atoms with Crippen molar-refractivity contribution >= 4 is 28.7 Å². The van der Waals surface area contributed by atoms with Crippen molar-refractivity contribution in [2.24, 2.45) is 0 Å². The Balaban J connectivity index is 1.33. The van der Waals surface area contributed by atoms with Crippen molar-refractivity contribution in [1.82, 2.24) is 0 Å². The molecule has 0 saturated heterocycles. The van der Waals surface area contributed by atoms with Crippen LogP contribution in [0.15, 0.2) is 94.7 Å². The van der Waals surface area contributed by atoms with Crippen LogP contribution in [0.1, 0.15) is 175 Å². The monoisotopic (exact) mass is 736 g/mol. The third-order valence-electron chi connectivity index (χ3n) is 12.4. The molecule has 2 aromatic carbocycles. The maximum absolute atomic E-state index is 7.33. The van der Waals surface area contributed by atoms with Gasteiger partial charge in [-0.1, -0.05) is 171 Å². The van der Waals surface area contributed by atoms with E-state index in [4.69, 9.17) is 11.6 Å². The molecule has 0 fully saturated rings. The highest BCUT2D eigenvalue weighted by Gasteiger charge is 2.44. The van der Waals surface area contributed by atoms with E-state index < -0.39 is 0 Å². The van der Waals surface area contributed by atoms with E-state index in [2.05, 4.69) is 124 Å². The Morgan fingerprint density at radius 2 is 1.23 bits per heavy atom. The standard InChI is InChI=1S/C50H72ClN2/c1-7-9-11-13-15-17-19-25-38-52-44-32-23-21-30-42(44)49(3,4)46(52)36-34-40-28-27-29-41(48(40)51)35-37-47-50(5,6)43-31-22-24-33-45(43)53(47)39-26-20-18-16-14-12-10-8-2/h21-24,30-37H,7-20,25-29,38-39H2,1-6H3/q+1. The van der Waals surface area contributed by atoms with Gasteiger partial charge in [-0.3, -0.25) is 0 Å². The molecule has 2 heterocycles. The van der Waals surface area contributed by atoms with Gasteiger partial charge < -0.3 is 4.90 Å². The summed E-state index contributed by atoms with van der Waals surface area (Å²) in [5.41, 5.74) is 10.9. The van der Waals surface area contributed by atoms with E-state index in [0.717, 1.165) is 37.4 Å². The van der Waals surface area contributed by atoms with Gasteiger partial charge in [0.2, 0.25) is 5.69 Å². The van der Waals surface area contributed by atoms with Crippen LogP contribution in [0.2, 0.25) is 0 Å². The molecular formula is C50H72ClN2+. The van der Waals surface area contributed by atoms with Crippen LogP contribution in [0, 0.1) is 0 Å². The molecule has 0 saturated carbocycles. The molecule has 2 nitrogen and oxygen atoms in total. The Bertz CT molecular complexity index is 1650. The summed E-state index contributed by atoms with van der Waals surface area (Å²) in [6, 6.07) is 18.1. The number of nitrogens with zero attached hydrogens (tertiary/aromatic N) is 2. The molecule has 3 heteroatoms. The summed E-state index contributed by atoms with van der Waals surface area (Å²) in [4.78, 5) is 2.61. The molecule has 0 bridgehead atoms. The van der Waals surface area contributed by atoms with Crippen molar-refractivity contribution in [2.45, 2.75) is 174 Å². The number of benzene rings is 2. The van der Waals surface area contributed by atoms with E-state index in [1.54, 1.807) is 0 Å². The highest BCUT2D eigenvalue weighted by atomic mass is 35.5. The lowest BCUT2D eigenvalue weighted by molar-refractivity contribution is -0.438. The molecule has 2 aromatic rings. The number of allylic oxidation sites excluding steroid dienone is 8. The maximum atomic E-state index is 7.33. The third-order valence-corrected chi connectivity index (χ3v) is 12.9. The fraction of sp³-hybridized carbons (Fsp3) is 0.580. The van der Waals surface area contributed by atoms with Gasteiger partial charge in [-0.25, -0.2) is 0 Å². The number of rotatable bonds is 21. The van der Waals surface area contributed by atoms with E-state index in [9.17, 15) is 0 Å². The number of hydrogen-bond donors (Lipinski definition) is 0. The highest BCUT2D eigenvalue weighted by Crippen LogP contribution is 2.48. The maximum Gasteiger partial charge on any atom is 0.209 e. The summed E-state index contributed by atoms with van der Waals surface area (Å²) in [5.74, 6) is 0. The predicted octanol–water partition coefficient (Wildman–Crippen LogP) is 15.2. The van der Waals surface area contributed by atoms with Gasteiger partial charge in [0.25, 0.3) is 0 Å². The van der Waals surface area contributed by atoms with Gasteiger partial charge in [-0.2, -0.15) is 4.58 Å². The summed E-state index contributed by atoms with van der Waals surface area (Å²) in [6.07, 6.45) is 34.2.